The van der Waals surface area contributed by atoms with Crippen LogP contribution in [0.25, 0.3) is 16.3 Å². The van der Waals surface area contributed by atoms with E-state index in [1.54, 1.807) is 18.4 Å². The highest BCUT2D eigenvalue weighted by atomic mass is 32.1. The summed E-state index contributed by atoms with van der Waals surface area (Å²) in [7, 11) is 1.70. The Morgan fingerprint density at radius 1 is 1.64 bits per heavy atom. The zero-order valence-corrected chi connectivity index (χ0v) is 8.80. The molecule has 0 radical (unpaired) electrons. The highest BCUT2D eigenvalue weighted by Gasteiger charge is 2.04. The molecule has 2 aromatic rings. The van der Waals surface area contributed by atoms with Crippen molar-refractivity contribution in [2.24, 2.45) is 0 Å². The Morgan fingerprint density at radius 3 is 3.21 bits per heavy atom. The molecule has 0 N–H and O–H groups in total. The first-order valence-electron chi connectivity index (χ1n) is 4.34. The number of hydrogen-bond donors (Lipinski definition) is 0. The monoisotopic (exact) mass is 205 g/mol. The lowest BCUT2D eigenvalue weighted by Gasteiger charge is -1.92. The first-order valence-corrected chi connectivity index (χ1v) is 5.15. The molecule has 0 aliphatic carbocycles. The highest BCUT2D eigenvalue weighted by molar-refractivity contribution is 7.19. The minimum atomic E-state index is 0.650. The summed E-state index contributed by atoms with van der Waals surface area (Å²) >= 11 is 1.71. The Bertz CT molecular complexity index is 461. The summed E-state index contributed by atoms with van der Waals surface area (Å²) in [5.74, 6) is 0. The van der Waals surface area contributed by atoms with Gasteiger partial charge in [-0.3, -0.25) is 4.98 Å². The van der Waals surface area contributed by atoms with E-state index in [-0.39, 0.29) is 0 Å². The number of fused-ring (bicyclic) bond motifs is 1. The van der Waals surface area contributed by atoms with Crippen LogP contribution >= 0.6 is 11.3 Å². The number of aromatic nitrogens is 1. The van der Waals surface area contributed by atoms with E-state index in [0.717, 1.165) is 11.1 Å². The van der Waals surface area contributed by atoms with Gasteiger partial charge >= 0.3 is 0 Å². The largest absolute Gasteiger partial charge is 0.379 e. The summed E-state index contributed by atoms with van der Waals surface area (Å²) in [6, 6.07) is 4.04. The summed E-state index contributed by atoms with van der Waals surface area (Å²) in [4.78, 5) is 5.50. The maximum absolute atomic E-state index is 5.09. The van der Waals surface area contributed by atoms with Crippen LogP contribution in [0.4, 0.5) is 0 Å². The van der Waals surface area contributed by atoms with Gasteiger partial charge in [-0.2, -0.15) is 0 Å². The van der Waals surface area contributed by atoms with Crippen LogP contribution in [-0.2, 0) is 11.3 Å². The lowest BCUT2D eigenvalue weighted by Crippen LogP contribution is -1.79. The minimum Gasteiger partial charge on any atom is -0.379 e. The Balaban J connectivity index is 2.58. The van der Waals surface area contributed by atoms with Gasteiger partial charge in [0.25, 0.3) is 0 Å². The minimum absolute atomic E-state index is 0.650. The lowest BCUT2D eigenvalue weighted by atomic mass is 10.2. The van der Waals surface area contributed by atoms with Crippen LogP contribution in [0.5, 0.6) is 0 Å². The van der Waals surface area contributed by atoms with E-state index in [4.69, 9.17) is 4.74 Å². The molecule has 0 aromatic carbocycles. The molecule has 0 aliphatic rings. The molecule has 0 unspecified atom stereocenters. The zero-order chi connectivity index (χ0) is 9.97. The van der Waals surface area contributed by atoms with Gasteiger partial charge in [-0.1, -0.05) is 12.7 Å². The molecule has 0 amide bonds. The third kappa shape index (κ3) is 1.56. The molecule has 0 saturated heterocycles. The second-order valence-electron chi connectivity index (χ2n) is 2.96. The quantitative estimate of drug-likeness (QED) is 0.768. The fourth-order valence-electron chi connectivity index (χ4n) is 1.38. The Labute approximate surface area is 86.9 Å². The van der Waals surface area contributed by atoms with E-state index in [1.165, 1.54) is 9.58 Å². The van der Waals surface area contributed by atoms with Crippen molar-refractivity contribution in [1.82, 2.24) is 4.98 Å². The molecular formula is C11H11NOS. The van der Waals surface area contributed by atoms with Crippen LogP contribution in [-0.4, -0.2) is 12.1 Å². The summed E-state index contributed by atoms with van der Waals surface area (Å²) in [6.07, 6.45) is 3.67. The Kier molecular flexibility index (Phi) is 2.61. The average Bonchev–Trinajstić information content (AvgIpc) is 2.60. The number of ether oxygens (including phenoxy) is 1. The third-order valence-electron chi connectivity index (χ3n) is 2.00. The van der Waals surface area contributed by atoms with E-state index in [2.05, 4.69) is 17.6 Å². The van der Waals surface area contributed by atoms with Crippen molar-refractivity contribution in [2.75, 3.05) is 7.11 Å². The molecule has 3 heteroatoms. The molecule has 0 atom stereocenters. The number of rotatable bonds is 3. The summed E-state index contributed by atoms with van der Waals surface area (Å²) in [6.45, 7) is 4.43. The van der Waals surface area contributed by atoms with Crippen molar-refractivity contribution in [3.8, 4) is 0 Å². The molecule has 0 bridgehead atoms. The van der Waals surface area contributed by atoms with E-state index in [0.29, 0.717) is 6.61 Å². The smallest absolute Gasteiger partial charge is 0.0819 e. The average molecular weight is 205 g/mol. The second kappa shape index (κ2) is 3.90. The molecular weight excluding hydrogens is 194 g/mol. The van der Waals surface area contributed by atoms with Crippen molar-refractivity contribution in [2.45, 2.75) is 6.61 Å². The standard InChI is InChI=1S/C11H11NOS/c1-3-8-4-5-12-10-6-9(7-13-2)14-11(8)10/h3-6H,1,7H2,2H3. The lowest BCUT2D eigenvalue weighted by molar-refractivity contribution is 0.187. The maximum atomic E-state index is 5.09. The first kappa shape index (κ1) is 9.37. The molecule has 2 heterocycles. The molecule has 2 aromatic heterocycles. The SMILES string of the molecule is C=Cc1ccnc2cc(COC)sc12. The van der Waals surface area contributed by atoms with E-state index in [9.17, 15) is 0 Å². The number of methoxy groups -OCH3 is 1. The van der Waals surface area contributed by atoms with Crippen LogP contribution in [0.15, 0.2) is 24.9 Å². The summed E-state index contributed by atoms with van der Waals surface area (Å²) in [5, 5.41) is 0. The topological polar surface area (TPSA) is 22.1 Å². The van der Waals surface area contributed by atoms with Crippen LogP contribution < -0.4 is 0 Å². The molecule has 0 spiro atoms. The molecule has 0 saturated carbocycles. The number of nitrogens with zero attached hydrogens (tertiary/aromatic N) is 1. The summed E-state index contributed by atoms with van der Waals surface area (Å²) in [5.41, 5.74) is 2.17. The molecule has 0 aliphatic heterocycles. The second-order valence-corrected chi connectivity index (χ2v) is 4.10. The Hall–Kier alpha value is -1.19. The van der Waals surface area contributed by atoms with Crippen LogP contribution in [0.3, 0.4) is 0 Å². The third-order valence-corrected chi connectivity index (χ3v) is 3.15. The summed E-state index contributed by atoms with van der Waals surface area (Å²) < 4.78 is 6.28. The molecule has 2 rings (SSSR count). The highest BCUT2D eigenvalue weighted by Crippen LogP contribution is 2.28. The molecule has 72 valence electrons. The fourth-order valence-corrected chi connectivity index (χ4v) is 2.48. The van der Waals surface area contributed by atoms with Gasteiger partial charge in [0.05, 0.1) is 16.8 Å². The maximum Gasteiger partial charge on any atom is 0.0819 e. The molecule has 14 heavy (non-hydrogen) atoms. The van der Waals surface area contributed by atoms with Crippen molar-refractivity contribution in [3.05, 3.63) is 35.3 Å². The van der Waals surface area contributed by atoms with E-state index < -0.39 is 0 Å². The van der Waals surface area contributed by atoms with Crippen molar-refractivity contribution in [3.63, 3.8) is 0 Å². The predicted molar refractivity (Wildman–Crippen MR) is 60.4 cm³/mol. The van der Waals surface area contributed by atoms with Crippen LogP contribution in [0.2, 0.25) is 0 Å². The van der Waals surface area contributed by atoms with E-state index in [1.807, 2.05) is 18.3 Å². The van der Waals surface area contributed by atoms with Gasteiger partial charge in [0, 0.05) is 18.2 Å². The van der Waals surface area contributed by atoms with Crippen molar-refractivity contribution >= 4 is 27.6 Å². The molecule has 2 nitrogen and oxygen atoms in total. The molecule has 0 fully saturated rings. The number of thiophene rings is 1. The van der Waals surface area contributed by atoms with Crippen molar-refractivity contribution in [1.29, 1.82) is 0 Å². The van der Waals surface area contributed by atoms with Gasteiger partial charge in [-0.15, -0.1) is 11.3 Å². The van der Waals surface area contributed by atoms with Crippen LogP contribution in [0, 0.1) is 0 Å². The van der Waals surface area contributed by atoms with Crippen LogP contribution in [0.1, 0.15) is 10.4 Å². The predicted octanol–water partition coefficient (Wildman–Crippen LogP) is 3.09. The van der Waals surface area contributed by atoms with Gasteiger partial charge in [0.1, 0.15) is 0 Å². The number of pyridine rings is 1. The van der Waals surface area contributed by atoms with Gasteiger partial charge in [0.2, 0.25) is 0 Å². The zero-order valence-electron chi connectivity index (χ0n) is 7.99. The van der Waals surface area contributed by atoms with Gasteiger partial charge in [0.15, 0.2) is 0 Å². The number of hydrogen-bond acceptors (Lipinski definition) is 3. The van der Waals surface area contributed by atoms with Crippen molar-refractivity contribution < 1.29 is 4.74 Å². The van der Waals surface area contributed by atoms with Gasteiger partial charge < -0.3 is 4.74 Å². The Morgan fingerprint density at radius 2 is 2.50 bits per heavy atom. The van der Waals surface area contributed by atoms with Gasteiger partial charge in [-0.25, -0.2) is 0 Å². The fraction of sp³-hybridized carbons (Fsp3) is 0.182. The van der Waals surface area contributed by atoms with E-state index >= 15 is 0 Å². The van der Waals surface area contributed by atoms with Gasteiger partial charge in [-0.05, 0) is 17.7 Å². The normalized spacial score (nSPS) is 10.6. The first-order chi connectivity index (χ1) is 6.85.